The van der Waals surface area contributed by atoms with Crippen LogP contribution in [0.5, 0.6) is 0 Å². The van der Waals surface area contributed by atoms with Crippen molar-refractivity contribution >= 4 is 27.6 Å². The van der Waals surface area contributed by atoms with Crippen molar-refractivity contribution in [2.24, 2.45) is 5.73 Å². The van der Waals surface area contributed by atoms with E-state index in [1.165, 1.54) is 11.8 Å². The van der Waals surface area contributed by atoms with Gasteiger partial charge in [-0.2, -0.15) is 0 Å². The average Bonchev–Trinajstić information content (AvgIpc) is 2.99. The quantitative estimate of drug-likeness (QED) is 0.167. The van der Waals surface area contributed by atoms with E-state index in [4.69, 9.17) is 5.73 Å². The van der Waals surface area contributed by atoms with Crippen LogP contribution >= 0.6 is 0 Å². The Morgan fingerprint density at radius 3 is 2.15 bits per heavy atom. The Balaban J connectivity index is 2.46. The molecule has 0 heterocycles. The molecule has 0 aliphatic heterocycles. The summed E-state index contributed by atoms with van der Waals surface area (Å²) >= 11 is 0. The van der Waals surface area contributed by atoms with Gasteiger partial charge in [0.2, 0.25) is 17.7 Å². The van der Waals surface area contributed by atoms with Gasteiger partial charge in [0.15, 0.2) is 9.84 Å². The molecule has 3 atom stereocenters. The molecule has 3 amide bonds. The molecule has 2 rings (SSSR count). The zero-order valence-corrected chi connectivity index (χ0v) is 28.6. The first-order chi connectivity index (χ1) is 22.2. The second-order valence-corrected chi connectivity index (χ2v) is 14.3. The molecule has 262 valence electrons. The van der Waals surface area contributed by atoms with Gasteiger partial charge in [0.1, 0.15) is 17.7 Å². The van der Waals surface area contributed by atoms with E-state index in [-0.39, 0.29) is 43.9 Å². The van der Waals surface area contributed by atoms with E-state index >= 15 is 0 Å². The molecule has 10 nitrogen and oxygen atoms in total. The van der Waals surface area contributed by atoms with Gasteiger partial charge in [-0.1, -0.05) is 57.9 Å². The van der Waals surface area contributed by atoms with Crippen molar-refractivity contribution in [3.05, 3.63) is 70.8 Å². The summed E-state index contributed by atoms with van der Waals surface area (Å²) in [5.74, 6) is -3.96. The maximum absolute atomic E-state index is 14.3. The molecule has 2 aromatic carbocycles. The topological polar surface area (TPSA) is 159 Å². The number of halogens is 2. The third-order valence-electron chi connectivity index (χ3n) is 7.87. The van der Waals surface area contributed by atoms with Gasteiger partial charge < -0.3 is 26.4 Å². The third-order valence-corrected chi connectivity index (χ3v) is 10.2. The molecule has 0 fully saturated rings. The first-order valence-electron chi connectivity index (χ1n) is 16.2. The number of hydrogen-bond donors (Lipinski definition) is 4. The maximum atomic E-state index is 14.3. The third kappa shape index (κ3) is 13.7. The van der Waals surface area contributed by atoms with Crippen LogP contribution in [0.4, 0.5) is 8.78 Å². The Bertz CT molecular complexity index is 1420. The number of sulfone groups is 1. The van der Waals surface area contributed by atoms with E-state index in [9.17, 15) is 36.7 Å². The molecule has 0 saturated heterocycles. The second-order valence-electron chi connectivity index (χ2n) is 12.0. The lowest BCUT2D eigenvalue weighted by Crippen LogP contribution is -2.55. The second kappa shape index (κ2) is 19.4. The summed E-state index contributed by atoms with van der Waals surface area (Å²) in [7, 11) is -3.87. The molecule has 5 N–H and O–H groups in total. The van der Waals surface area contributed by atoms with E-state index in [1.54, 1.807) is 6.07 Å². The molecule has 13 heteroatoms. The fourth-order valence-electron chi connectivity index (χ4n) is 5.43. The number of amides is 3. The molecule has 0 aliphatic carbocycles. The molecule has 47 heavy (non-hydrogen) atoms. The molecule has 0 radical (unpaired) electrons. The zero-order chi connectivity index (χ0) is 35.1. The van der Waals surface area contributed by atoms with Crippen molar-refractivity contribution in [1.82, 2.24) is 15.5 Å². The molecule has 0 aliphatic rings. The van der Waals surface area contributed by atoms with Crippen LogP contribution in [-0.4, -0.2) is 78.4 Å². The monoisotopic (exact) mass is 680 g/mol. The Kier molecular flexibility index (Phi) is 16.4. The summed E-state index contributed by atoms with van der Waals surface area (Å²) in [4.78, 5) is 39.8. The first-order valence-corrected chi connectivity index (χ1v) is 17.9. The van der Waals surface area contributed by atoms with Crippen LogP contribution < -0.4 is 16.4 Å². The van der Waals surface area contributed by atoms with Crippen LogP contribution in [0.3, 0.4) is 0 Å². The Morgan fingerprint density at radius 2 is 1.57 bits per heavy atom. The summed E-state index contributed by atoms with van der Waals surface area (Å²) in [5, 5.41) is 15.5. The van der Waals surface area contributed by atoms with Crippen molar-refractivity contribution in [1.29, 1.82) is 0 Å². The Morgan fingerprint density at radius 1 is 0.957 bits per heavy atom. The SMILES string of the molecule is CCCC(CCC)S(=O)(=O)C[C@@H](NC(=O)CCNC(C)=O)C(=O)N(Cc1cccc(CC)c1)C[C@@H](O)[C@@H](N)Cc1cc(F)cc(F)c1. The minimum atomic E-state index is -3.87. The van der Waals surface area contributed by atoms with Gasteiger partial charge in [-0.15, -0.1) is 0 Å². The number of nitrogens with two attached hydrogens (primary N) is 1. The van der Waals surface area contributed by atoms with Crippen LogP contribution in [0, 0.1) is 11.6 Å². The summed E-state index contributed by atoms with van der Waals surface area (Å²) < 4.78 is 54.9. The molecule has 0 saturated carbocycles. The standard InChI is InChI=1S/C34H50F2N4O6S/c1-5-9-29(10-6-2)47(45,46)22-31(39-33(43)13-14-38-23(4)41)34(44)40(20-25-12-8-11-24(7-3)15-25)21-32(42)30(37)18-26-16-27(35)19-28(36)17-26/h8,11-12,15-17,19,29-32,42H,5-7,9-10,13-14,18,20-22,37H2,1-4H3,(H,38,41)(H,39,43)/t30-,31+,32+/m0/s1. The number of aryl methyl sites for hydroxylation is 1. The van der Waals surface area contributed by atoms with Crippen LogP contribution in [0.2, 0.25) is 0 Å². The molecule has 0 unspecified atom stereocenters. The number of rotatable bonds is 20. The number of nitrogens with one attached hydrogen (secondary N) is 2. The summed E-state index contributed by atoms with van der Waals surface area (Å²) in [6.07, 6.45) is 1.09. The van der Waals surface area contributed by atoms with E-state index in [1.807, 2.05) is 39.0 Å². The highest BCUT2D eigenvalue weighted by Crippen LogP contribution is 2.19. The van der Waals surface area contributed by atoms with E-state index in [2.05, 4.69) is 10.6 Å². The van der Waals surface area contributed by atoms with Gasteiger partial charge in [0.25, 0.3) is 0 Å². The smallest absolute Gasteiger partial charge is 0.246 e. The average molecular weight is 681 g/mol. The molecule has 2 aromatic rings. The molecule has 0 aromatic heterocycles. The van der Waals surface area contributed by atoms with Crippen molar-refractivity contribution in [3.8, 4) is 0 Å². The molecular weight excluding hydrogens is 630 g/mol. The summed E-state index contributed by atoms with van der Waals surface area (Å²) in [6, 6.07) is 7.83. The van der Waals surface area contributed by atoms with Crippen LogP contribution in [-0.2, 0) is 43.6 Å². The fraction of sp³-hybridized carbons (Fsp3) is 0.559. The lowest BCUT2D eigenvalue weighted by atomic mass is 10.0. The van der Waals surface area contributed by atoms with Crippen molar-refractivity contribution < 1.29 is 36.7 Å². The number of hydrogen-bond acceptors (Lipinski definition) is 7. The summed E-state index contributed by atoms with van der Waals surface area (Å²) in [5.41, 5.74) is 8.17. The number of carbonyl (C=O) groups is 3. The first kappa shape index (κ1) is 39.8. The predicted molar refractivity (Wildman–Crippen MR) is 178 cm³/mol. The largest absolute Gasteiger partial charge is 0.390 e. The summed E-state index contributed by atoms with van der Waals surface area (Å²) in [6.45, 7) is 6.63. The Labute approximate surface area is 277 Å². The van der Waals surface area contributed by atoms with E-state index in [0.29, 0.717) is 31.2 Å². The Hall–Kier alpha value is -3.42. The van der Waals surface area contributed by atoms with Crippen LogP contribution in [0.25, 0.3) is 0 Å². The fourth-order valence-corrected chi connectivity index (χ4v) is 7.58. The normalized spacial score (nSPS) is 13.6. The maximum Gasteiger partial charge on any atom is 0.246 e. The van der Waals surface area contributed by atoms with Gasteiger partial charge in [0, 0.05) is 45.1 Å². The highest BCUT2D eigenvalue weighted by atomic mass is 32.2. The number of aliphatic hydroxyl groups is 1. The highest BCUT2D eigenvalue weighted by Gasteiger charge is 2.35. The van der Waals surface area contributed by atoms with Gasteiger partial charge in [-0.3, -0.25) is 14.4 Å². The minimum absolute atomic E-state index is 0.00904. The number of aliphatic hydroxyl groups excluding tert-OH is 1. The lowest BCUT2D eigenvalue weighted by Gasteiger charge is -2.32. The van der Waals surface area contributed by atoms with Gasteiger partial charge >= 0.3 is 0 Å². The van der Waals surface area contributed by atoms with Gasteiger partial charge in [-0.05, 0) is 54.5 Å². The van der Waals surface area contributed by atoms with Gasteiger partial charge in [-0.25, -0.2) is 17.2 Å². The predicted octanol–water partition coefficient (Wildman–Crippen LogP) is 3.18. The number of benzene rings is 2. The van der Waals surface area contributed by atoms with E-state index < -0.39 is 62.5 Å². The van der Waals surface area contributed by atoms with Gasteiger partial charge in [0.05, 0.1) is 17.1 Å². The van der Waals surface area contributed by atoms with Crippen molar-refractivity contribution in [2.45, 2.75) is 103 Å². The number of nitrogens with zero attached hydrogens (tertiary/aromatic N) is 1. The molecule has 0 spiro atoms. The van der Waals surface area contributed by atoms with Crippen molar-refractivity contribution in [3.63, 3.8) is 0 Å². The highest BCUT2D eigenvalue weighted by molar-refractivity contribution is 7.92. The zero-order valence-electron chi connectivity index (χ0n) is 27.8. The van der Waals surface area contributed by atoms with E-state index in [0.717, 1.165) is 30.2 Å². The van der Waals surface area contributed by atoms with Crippen LogP contribution in [0.1, 0.15) is 76.5 Å². The lowest BCUT2D eigenvalue weighted by molar-refractivity contribution is -0.137. The van der Waals surface area contributed by atoms with Crippen LogP contribution in [0.15, 0.2) is 42.5 Å². The van der Waals surface area contributed by atoms with Crippen molar-refractivity contribution in [2.75, 3.05) is 18.8 Å². The minimum Gasteiger partial charge on any atom is -0.390 e. The molecular formula is C34H50F2N4O6S. The molecule has 0 bridgehead atoms. The number of carbonyl (C=O) groups excluding carboxylic acids is 3.